The van der Waals surface area contributed by atoms with Crippen molar-refractivity contribution in [3.05, 3.63) is 63.1 Å². The lowest BCUT2D eigenvalue weighted by Gasteiger charge is -2.08. The zero-order valence-electron chi connectivity index (χ0n) is 10.9. The Morgan fingerprint density at radius 2 is 1.76 bits per heavy atom. The third-order valence-electron chi connectivity index (χ3n) is 2.62. The Labute approximate surface area is 134 Å². The SMILES string of the molecule is COC(=O)c1ccc(OC(=O)c2cccc(Cl)c2)c(Br)c1. The Morgan fingerprint density at radius 1 is 1.05 bits per heavy atom. The summed E-state index contributed by atoms with van der Waals surface area (Å²) < 4.78 is 10.3. The molecule has 0 aromatic heterocycles. The van der Waals surface area contributed by atoms with Crippen LogP contribution in [0.5, 0.6) is 5.75 Å². The molecule has 0 aliphatic heterocycles. The standard InChI is InChI=1S/C15H10BrClO4/c1-20-14(18)10-5-6-13(12(16)8-10)21-15(19)9-3-2-4-11(17)7-9/h2-8H,1H3. The number of hydrogen-bond donors (Lipinski definition) is 0. The van der Waals surface area contributed by atoms with Gasteiger partial charge in [0, 0.05) is 5.02 Å². The van der Waals surface area contributed by atoms with Crippen LogP contribution in [0.2, 0.25) is 5.02 Å². The van der Waals surface area contributed by atoms with Crippen LogP contribution in [0.15, 0.2) is 46.9 Å². The van der Waals surface area contributed by atoms with Crippen molar-refractivity contribution < 1.29 is 19.1 Å². The van der Waals surface area contributed by atoms with Crippen LogP contribution in [0.1, 0.15) is 20.7 Å². The number of esters is 2. The van der Waals surface area contributed by atoms with Crippen LogP contribution < -0.4 is 4.74 Å². The van der Waals surface area contributed by atoms with Crippen molar-refractivity contribution in [2.45, 2.75) is 0 Å². The van der Waals surface area contributed by atoms with E-state index in [2.05, 4.69) is 20.7 Å². The van der Waals surface area contributed by atoms with E-state index in [1.165, 1.54) is 31.4 Å². The van der Waals surface area contributed by atoms with Gasteiger partial charge in [0.2, 0.25) is 0 Å². The number of rotatable bonds is 3. The maximum absolute atomic E-state index is 12.0. The second-order valence-electron chi connectivity index (χ2n) is 4.04. The summed E-state index contributed by atoms with van der Waals surface area (Å²) in [6.07, 6.45) is 0. The highest BCUT2D eigenvalue weighted by Crippen LogP contribution is 2.27. The molecule has 4 nitrogen and oxygen atoms in total. The van der Waals surface area contributed by atoms with Crippen molar-refractivity contribution in [2.24, 2.45) is 0 Å². The molecule has 0 atom stereocenters. The van der Waals surface area contributed by atoms with Gasteiger partial charge in [0.05, 0.1) is 22.7 Å². The molecule has 0 bridgehead atoms. The zero-order chi connectivity index (χ0) is 15.4. The zero-order valence-corrected chi connectivity index (χ0v) is 13.3. The predicted molar refractivity (Wildman–Crippen MR) is 81.9 cm³/mol. The molecular weight excluding hydrogens is 360 g/mol. The van der Waals surface area contributed by atoms with Crippen LogP contribution in [-0.4, -0.2) is 19.0 Å². The van der Waals surface area contributed by atoms with Gasteiger partial charge in [0.15, 0.2) is 0 Å². The van der Waals surface area contributed by atoms with E-state index in [1.807, 2.05) is 0 Å². The largest absolute Gasteiger partial charge is 0.465 e. The van der Waals surface area contributed by atoms with E-state index in [4.69, 9.17) is 16.3 Å². The van der Waals surface area contributed by atoms with Crippen molar-refractivity contribution in [3.63, 3.8) is 0 Å². The third-order valence-corrected chi connectivity index (χ3v) is 3.47. The number of ether oxygens (including phenoxy) is 2. The minimum absolute atomic E-state index is 0.299. The summed E-state index contributed by atoms with van der Waals surface area (Å²) in [6, 6.07) is 11.0. The molecule has 6 heteroatoms. The molecule has 2 rings (SSSR count). The minimum Gasteiger partial charge on any atom is -0.465 e. The smallest absolute Gasteiger partial charge is 0.343 e. The summed E-state index contributed by atoms with van der Waals surface area (Å²) in [5.41, 5.74) is 0.693. The summed E-state index contributed by atoms with van der Waals surface area (Å²) >= 11 is 9.08. The van der Waals surface area contributed by atoms with Gasteiger partial charge in [-0.25, -0.2) is 9.59 Å². The molecule has 0 N–H and O–H groups in total. The summed E-state index contributed by atoms with van der Waals surface area (Å²) in [5.74, 6) is -0.708. The number of methoxy groups -OCH3 is 1. The van der Waals surface area contributed by atoms with Gasteiger partial charge in [-0.1, -0.05) is 17.7 Å². The van der Waals surface area contributed by atoms with Crippen molar-refractivity contribution in [3.8, 4) is 5.75 Å². The number of halogens is 2. The van der Waals surface area contributed by atoms with Crippen LogP contribution >= 0.6 is 27.5 Å². The fourth-order valence-corrected chi connectivity index (χ4v) is 2.25. The monoisotopic (exact) mass is 368 g/mol. The van der Waals surface area contributed by atoms with Crippen LogP contribution in [0.3, 0.4) is 0 Å². The van der Waals surface area contributed by atoms with Crippen molar-refractivity contribution in [1.29, 1.82) is 0 Å². The van der Waals surface area contributed by atoms with E-state index < -0.39 is 11.9 Å². The number of hydrogen-bond acceptors (Lipinski definition) is 4. The molecule has 0 fully saturated rings. The van der Waals surface area contributed by atoms with Gasteiger partial charge in [0.25, 0.3) is 0 Å². The molecule has 2 aromatic rings. The fourth-order valence-electron chi connectivity index (χ4n) is 1.60. The molecule has 0 spiro atoms. The summed E-state index contributed by atoms with van der Waals surface area (Å²) in [4.78, 5) is 23.4. The van der Waals surface area contributed by atoms with E-state index in [0.29, 0.717) is 26.4 Å². The maximum atomic E-state index is 12.0. The summed E-state index contributed by atoms with van der Waals surface area (Å²) in [5, 5.41) is 0.449. The van der Waals surface area contributed by atoms with Gasteiger partial charge in [0.1, 0.15) is 5.75 Å². The van der Waals surface area contributed by atoms with Crippen LogP contribution in [0, 0.1) is 0 Å². The quantitative estimate of drug-likeness (QED) is 0.603. The summed E-state index contributed by atoms with van der Waals surface area (Å²) in [6.45, 7) is 0. The Bertz CT molecular complexity index is 700. The lowest BCUT2D eigenvalue weighted by Crippen LogP contribution is -2.09. The van der Waals surface area contributed by atoms with Gasteiger partial charge in [-0.2, -0.15) is 0 Å². The van der Waals surface area contributed by atoms with Crippen molar-refractivity contribution in [2.75, 3.05) is 7.11 Å². The van der Waals surface area contributed by atoms with E-state index in [9.17, 15) is 9.59 Å². The average Bonchev–Trinajstić information content (AvgIpc) is 2.48. The molecule has 0 radical (unpaired) electrons. The van der Waals surface area contributed by atoms with Gasteiger partial charge in [-0.15, -0.1) is 0 Å². The normalized spacial score (nSPS) is 10.0. The predicted octanol–water partition coefficient (Wildman–Crippen LogP) is 4.11. The molecule has 108 valence electrons. The molecule has 0 heterocycles. The van der Waals surface area contributed by atoms with Gasteiger partial charge >= 0.3 is 11.9 Å². The van der Waals surface area contributed by atoms with E-state index in [-0.39, 0.29) is 0 Å². The average molecular weight is 370 g/mol. The first-order valence-corrected chi connectivity index (χ1v) is 7.04. The second-order valence-corrected chi connectivity index (χ2v) is 5.33. The molecule has 21 heavy (non-hydrogen) atoms. The van der Waals surface area contributed by atoms with Crippen molar-refractivity contribution >= 4 is 39.5 Å². The highest BCUT2D eigenvalue weighted by Gasteiger charge is 2.13. The molecular formula is C15H10BrClO4. The first-order chi connectivity index (χ1) is 10.0. The summed E-state index contributed by atoms with van der Waals surface area (Å²) in [7, 11) is 1.29. The third kappa shape index (κ3) is 3.83. The number of benzene rings is 2. The number of carbonyl (C=O) groups excluding carboxylic acids is 2. The molecule has 0 saturated carbocycles. The van der Waals surface area contributed by atoms with Crippen molar-refractivity contribution in [1.82, 2.24) is 0 Å². The van der Waals surface area contributed by atoms with E-state index in [1.54, 1.807) is 18.2 Å². The van der Waals surface area contributed by atoms with Crippen LogP contribution in [0.25, 0.3) is 0 Å². The van der Waals surface area contributed by atoms with Crippen LogP contribution in [0.4, 0.5) is 0 Å². The Hall–Kier alpha value is -1.85. The first kappa shape index (κ1) is 15.5. The molecule has 0 unspecified atom stereocenters. The highest BCUT2D eigenvalue weighted by atomic mass is 79.9. The molecule has 0 aliphatic rings. The molecule has 0 saturated heterocycles. The highest BCUT2D eigenvalue weighted by molar-refractivity contribution is 9.10. The Morgan fingerprint density at radius 3 is 2.38 bits per heavy atom. The molecule has 2 aromatic carbocycles. The Balaban J connectivity index is 2.20. The lowest BCUT2D eigenvalue weighted by molar-refractivity contribution is 0.0600. The van der Waals surface area contributed by atoms with E-state index in [0.717, 1.165) is 0 Å². The van der Waals surface area contributed by atoms with Crippen LogP contribution in [-0.2, 0) is 4.74 Å². The molecule has 0 amide bonds. The van der Waals surface area contributed by atoms with E-state index >= 15 is 0 Å². The second kappa shape index (κ2) is 6.74. The lowest BCUT2D eigenvalue weighted by atomic mass is 10.2. The topological polar surface area (TPSA) is 52.6 Å². The maximum Gasteiger partial charge on any atom is 0.343 e. The fraction of sp³-hybridized carbons (Fsp3) is 0.0667. The Kier molecular flexibility index (Phi) is 4.98. The minimum atomic E-state index is -0.538. The molecule has 0 aliphatic carbocycles. The van der Waals surface area contributed by atoms with Gasteiger partial charge in [-0.05, 0) is 52.3 Å². The first-order valence-electron chi connectivity index (χ1n) is 5.87. The van der Waals surface area contributed by atoms with Gasteiger partial charge < -0.3 is 9.47 Å². The van der Waals surface area contributed by atoms with Gasteiger partial charge in [-0.3, -0.25) is 0 Å². The number of carbonyl (C=O) groups is 2.